The van der Waals surface area contributed by atoms with Crippen LogP contribution in [0.2, 0.25) is 5.02 Å². The van der Waals surface area contributed by atoms with Crippen molar-refractivity contribution in [2.45, 2.75) is 26.7 Å². The SMILES string of the molecule is CCNC(=O)Nc1ccc2c(c1)CCC1C=NC=C1C(=Nc1c(C)cccc1Cl)N2. The number of urea groups is 1. The molecular weight excluding hydrogens is 398 g/mol. The molecule has 0 radical (unpaired) electrons. The summed E-state index contributed by atoms with van der Waals surface area (Å²) in [5, 5.41) is 9.74. The number of hydrogen-bond acceptors (Lipinski definition) is 3. The highest BCUT2D eigenvalue weighted by atomic mass is 35.5. The lowest BCUT2D eigenvalue weighted by Gasteiger charge is -2.23. The van der Waals surface area contributed by atoms with Gasteiger partial charge in [-0.2, -0.15) is 0 Å². The second kappa shape index (κ2) is 8.71. The van der Waals surface area contributed by atoms with E-state index < -0.39 is 0 Å². The number of hydrogen-bond donors (Lipinski definition) is 3. The number of carbonyl (C=O) groups is 1. The monoisotopic (exact) mass is 421 g/mol. The predicted molar refractivity (Wildman–Crippen MR) is 124 cm³/mol. The standard InChI is InChI=1S/C23H24ClN5O/c1-3-26-23(30)27-17-9-10-20-15(11-17)7-8-16-12-25-13-18(16)22(28-20)29-21-14(2)5-4-6-19(21)24/h4-6,9-13,16H,3,7-8H2,1-2H3,(H,28,29)(H2,26,27,30). The first-order valence-corrected chi connectivity index (χ1v) is 10.4. The smallest absolute Gasteiger partial charge is 0.319 e. The molecule has 1 atom stereocenters. The number of halogens is 1. The number of anilines is 2. The van der Waals surface area contributed by atoms with Crippen LogP contribution in [0, 0.1) is 12.8 Å². The molecule has 0 saturated heterocycles. The maximum atomic E-state index is 11.9. The topological polar surface area (TPSA) is 77.9 Å². The number of nitrogens with zero attached hydrogens (tertiary/aromatic N) is 2. The van der Waals surface area contributed by atoms with Crippen LogP contribution < -0.4 is 16.0 Å². The third-order valence-electron chi connectivity index (χ3n) is 5.24. The molecule has 2 heterocycles. The van der Waals surface area contributed by atoms with Gasteiger partial charge in [-0.3, -0.25) is 4.99 Å². The van der Waals surface area contributed by atoms with E-state index in [9.17, 15) is 4.79 Å². The summed E-state index contributed by atoms with van der Waals surface area (Å²) >= 11 is 6.43. The minimum Gasteiger partial charge on any atom is -0.340 e. The number of fused-ring (bicyclic) bond motifs is 2. The van der Waals surface area contributed by atoms with Crippen molar-refractivity contribution in [1.82, 2.24) is 5.32 Å². The van der Waals surface area contributed by atoms with Crippen LogP contribution in [0.1, 0.15) is 24.5 Å². The Balaban J connectivity index is 1.71. The fourth-order valence-corrected chi connectivity index (χ4v) is 3.95. The molecule has 0 fully saturated rings. The van der Waals surface area contributed by atoms with E-state index in [0.29, 0.717) is 11.6 Å². The number of para-hydroxylation sites is 1. The van der Waals surface area contributed by atoms with Gasteiger partial charge in [0, 0.05) is 41.8 Å². The average Bonchev–Trinajstić information content (AvgIpc) is 3.16. The Morgan fingerprint density at radius 2 is 2.20 bits per heavy atom. The number of carbonyl (C=O) groups excluding carboxylic acids is 1. The summed E-state index contributed by atoms with van der Waals surface area (Å²) in [6.45, 7) is 4.47. The lowest BCUT2D eigenvalue weighted by molar-refractivity contribution is 0.252. The molecule has 0 aromatic heterocycles. The Bertz CT molecular complexity index is 1050. The molecule has 0 saturated carbocycles. The quantitative estimate of drug-likeness (QED) is 0.615. The molecule has 7 heteroatoms. The first kappa shape index (κ1) is 20.2. The number of rotatable bonds is 3. The molecule has 1 unspecified atom stereocenters. The van der Waals surface area contributed by atoms with Gasteiger partial charge in [-0.1, -0.05) is 23.7 Å². The van der Waals surface area contributed by atoms with E-state index in [-0.39, 0.29) is 11.9 Å². The van der Waals surface area contributed by atoms with Crippen molar-refractivity contribution in [2.75, 3.05) is 17.2 Å². The van der Waals surface area contributed by atoms with Gasteiger partial charge in [0.25, 0.3) is 0 Å². The third-order valence-corrected chi connectivity index (χ3v) is 5.55. The highest BCUT2D eigenvalue weighted by molar-refractivity contribution is 6.33. The maximum absolute atomic E-state index is 11.9. The summed E-state index contributed by atoms with van der Waals surface area (Å²) in [5.74, 6) is 0.936. The molecule has 0 aliphatic carbocycles. The van der Waals surface area contributed by atoms with Crippen molar-refractivity contribution in [3.63, 3.8) is 0 Å². The van der Waals surface area contributed by atoms with Crippen LogP contribution in [-0.4, -0.2) is 24.6 Å². The van der Waals surface area contributed by atoms with Gasteiger partial charge in [-0.25, -0.2) is 9.79 Å². The van der Waals surface area contributed by atoms with Crippen molar-refractivity contribution in [1.29, 1.82) is 0 Å². The summed E-state index contributed by atoms with van der Waals surface area (Å²) in [7, 11) is 0. The van der Waals surface area contributed by atoms with E-state index in [0.717, 1.165) is 52.4 Å². The number of amides is 2. The lowest BCUT2D eigenvalue weighted by atomic mass is 9.91. The van der Waals surface area contributed by atoms with E-state index in [4.69, 9.17) is 16.6 Å². The Labute approximate surface area is 181 Å². The molecule has 2 aliphatic heterocycles. The molecule has 4 rings (SSSR count). The van der Waals surface area contributed by atoms with Gasteiger partial charge in [-0.05, 0) is 62.1 Å². The average molecular weight is 422 g/mol. The highest BCUT2D eigenvalue weighted by Crippen LogP contribution is 2.34. The van der Waals surface area contributed by atoms with E-state index >= 15 is 0 Å². The zero-order valence-electron chi connectivity index (χ0n) is 17.0. The van der Waals surface area contributed by atoms with E-state index in [1.807, 2.05) is 62.7 Å². The summed E-state index contributed by atoms with van der Waals surface area (Å²) in [5.41, 5.74) is 5.67. The van der Waals surface area contributed by atoms with Crippen LogP contribution in [0.4, 0.5) is 21.9 Å². The fourth-order valence-electron chi connectivity index (χ4n) is 3.69. The Kier molecular flexibility index (Phi) is 5.86. The van der Waals surface area contributed by atoms with Crippen LogP contribution in [0.5, 0.6) is 0 Å². The van der Waals surface area contributed by atoms with Crippen LogP contribution in [-0.2, 0) is 6.42 Å². The number of amidine groups is 1. The molecule has 0 spiro atoms. The molecule has 0 bridgehead atoms. The number of benzene rings is 2. The number of nitrogens with one attached hydrogen (secondary N) is 3. The van der Waals surface area contributed by atoms with Gasteiger partial charge in [0.05, 0.1) is 10.7 Å². The molecule has 2 aromatic rings. The van der Waals surface area contributed by atoms with Crippen molar-refractivity contribution >= 4 is 46.7 Å². The number of aliphatic imine (C=N–C) groups is 2. The molecule has 154 valence electrons. The van der Waals surface area contributed by atoms with E-state index in [1.54, 1.807) is 0 Å². The molecular formula is C23H24ClN5O. The van der Waals surface area contributed by atoms with Gasteiger partial charge in [-0.15, -0.1) is 0 Å². The zero-order valence-corrected chi connectivity index (χ0v) is 17.8. The summed E-state index contributed by atoms with van der Waals surface area (Å²) in [6, 6.07) is 11.4. The van der Waals surface area contributed by atoms with Crippen molar-refractivity contribution in [2.24, 2.45) is 15.9 Å². The Morgan fingerprint density at radius 1 is 1.33 bits per heavy atom. The fraction of sp³-hybridized carbons (Fsp3) is 0.261. The lowest BCUT2D eigenvalue weighted by Crippen LogP contribution is -2.28. The predicted octanol–water partition coefficient (Wildman–Crippen LogP) is 5.46. The van der Waals surface area contributed by atoms with E-state index in [1.165, 1.54) is 0 Å². The summed E-state index contributed by atoms with van der Waals surface area (Å²) in [4.78, 5) is 21.2. The molecule has 2 aliphatic rings. The van der Waals surface area contributed by atoms with Crippen LogP contribution in [0.15, 0.2) is 58.2 Å². The van der Waals surface area contributed by atoms with Crippen LogP contribution in [0.3, 0.4) is 0 Å². The third kappa shape index (κ3) is 4.24. The summed E-state index contributed by atoms with van der Waals surface area (Å²) < 4.78 is 0. The van der Waals surface area contributed by atoms with Crippen LogP contribution >= 0.6 is 11.6 Å². The van der Waals surface area contributed by atoms with Crippen molar-refractivity contribution in [3.05, 3.63) is 64.3 Å². The summed E-state index contributed by atoms with van der Waals surface area (Å²) in [6.07, 6.45) is 5.61. The first-order valence-electron chi connectivity index (χ1n) is 10.1. The Hall–Kier alpha value is -3.12. The molecule has 2 aromatic carbocycles. The molecule has 6 nitrogen and oxygen atoms in total. The van der Waals surface area contributed by atoms with Gasteiger partial charge >= 0.3 is 6.03 Å². The molecule has 2 amide bonds. The van der Waals surface area contributed by atoms with Gasteiger partial charge in [0.2, 0.25) is 0 Å². The van der Waals surface area contributed by atoms with Gasteiger partial charge < -0.3 is 16.0 Å². The van der Waals surface area contributed by atoms with Gasteiger partial charge in [0.1, 0.15) is 5.84 Å². The number of aryl methyl sites for hydroxylation is 2. The van der Waals surface area contributed by atoms with E-state index in [2.05, 4.69) is 20.9 Å². The zero-order chi connectivity index (χ0) is 21.1. The largest absolute Gasteiger partial charge is 0.340 e. The molecule has 30 heavy (non-hydrogen) atoms. The minimum atomic E-state index is -0.208. The van der Waals surface area contributed by atoms with Gasteiger partial charge in [0.15, 0.2) is 0 Å². The minimum absolute atomic E-state index is 0.187. The first-order chi connectivity index (χ1) is 14.5. The maximum Gasteiger partial charge on any atom is 0.319 e. The molecule has 3 N–H and O–H groups in total. The Morgan fingerprint density at radius 3 is 3.00 bits per heavy atom. The second-order valence-electron chi connectivity index (χ2n) is 7.37. The normalized spacial score (nSPS) is 18.6. The van der Waals surface area contributed by atoms with Crippen molar-refractivity contribution < 1.29 is 4.79 Å². The highest BCUT2D eigenvalue weighted by Gasteiger charge is 2.25. The van der Waals surface area contributed by atoms with Crippen LogP contribution in [0.25, 0.3) is 0 Å². The van der Waals surface area contributed by atoms with Crippen molar-refractivity contribution in [3.8, 4) is 0 Å². The second-order valence-corrected chi connectivity index (χ2v) is 7.78.